The number of hydrogen-bond acceptors (Lipinski definition) is 2. The standard InChI is InChI=1S/C16H20BrN3/c1-20-16(7-9-19-20)6-8-18-15-10-13(11-15)12-2-4-14(17)5-3-12/h2-5,7,9,13,15,18H,6,8,10-11H2,1H3. The van der Waals surface area contributed by atoms with Crippen LogP contribution >= 0.6 is 15.9 Å². The number of hydrogen-bond donors (Lipinski definition) is 1. The van der Waals surface area contributed by atoms with Gasteiger partial charge in [-0.3, -0.25) is 4.68 Å². The summed E-state index contributed by atoms with van der Waals surface area (Å²) in [4.78, 5) is 0. The molecule has 1 N–H and O–H groups in total. The van der Waals surface area contributed by atoms with Gasteiger partial charge in [0.2, 0.25) is 0 Å². The lowest BCUT2D eigenvalue weighted by Crippen LogP contribution is -2.41. The maximum atomic E-state index is 4.19. The van der Waals surface area contributed by atoms with Crippen molar-refractivity contribution < 1.29 is 0 Å². The van der Waals surface area contributed by atoms with Crippen LogP contribution in [-0.2, 0) is 13.5 Å². The Hall–Kier alpha value is -1.13. The second-order valence-electron chi connectivity index (χ2n) is 5.57. The number of aryl methyl sites for hydroxylation is 1. The van der Waals surface area contributed by atoms with E-state index in [0.29, 0.717) is 6.04 Å². The summed E-state index contributed by atoms with van der Waals surface area (Å²) >= 11 is 3.49. The molecule has 1 saturated carbocycles. The third-order valence-electron chi connectivity index (χ3n) is 4.22. The van der Waals surface area contributed by atoms with Gasteiger partial charge < -0.3 is 5.32 Å². The van der Waals surface area contributed by atoms with Crippen molar-refractivity contribution in [3.05, 3.63) is 52.3 Å². The average Bonchev–Trinajstić information content (AvgIpc) is 2.79. The summed E-state index contributed by atoms with van der Waals surface area (Å²) in [5, 5.41) is 7.84. The Balaban J connectivity index is 1.40. The summed E-state index contributed by atoms with van der Waals surface area (Å²) in [5.74, 6) is 0.734. The Morgan fingerprint density at radius 3 is 2.65 bits per heavy atom. The topological polar surface area (TPSA) is 29.9 Å². The average molecular weight is 334 g/mol. The molecule has 3 nitrogen and oxygen atoms in total. The molecule has 1 fully saturated rings. The van der Waals surface area contributed by atoms with Gasteiger partial charge in [-0.15, -0.1) is 0 Å². The monoisotopic (exact) mass is 333 g/mol. The van der Waals surface area contributed by atoms with Crippen molar-refractivity contribution in [1.82, 2.24) is 15.1 Å². The van der Waals surface area contributed by atoms with E-state index in [1.807, 2.05) is 17.9 Å². The Labute approximate surface area is 128 Å². The first-order valence-electron chi connectivity index (χ1n) is 7.18. The predicted octanol–water partition coefficient (Wildman–Crippen LogP) is 3.26. The zero-order valence-electron chi connectivity index (χ0n) is 11.7. The second kappa shape index (κ2) is 6.10. The van der Waals surface area contributed by atoms with Crippen molar-refractivity contribution >= 4 is 15.9 Å². The maximum Gasteiger partial charge on any atom is 0.0492 e. The molecule has 0 saturated heterocycles. The molecule has 1 aliphatic rings. The van der Waals surface area contributed by atoms with E-state index in [9.17, 15) is 0 Å². The fourth-order valence-electron chi connectivity index (χ4n) is 2.84. The van der Waals surface area contributed by atoms with Gasteiger partial charge in [0.1, 0.15) is 0 Å². The number of benzene rings is 1. The van der Waals surface area contributed by atoms with E-state index in [1.54, 1.807) is 0 Å². The van der Waals surface area contributed by atoms with E-state index in [2.05, 4.69) is 56.7 Å². The molecule has 3 rings (SSSR count). The Kier molecular flexibility index (Phi) is 4.22. The summed E-state index contributed by atoms with van der Waals surface area (Å²) in [5.41, 5.74) is 2.76. The summed E-state index contributed by atoms with van der Waals surface area (Å²) in [7, 11) is 2.00. The fourth-order valence-corrected chi connectivity index (χ4v) is 3.11. The Morgan fingerprint density at radius 2 is 2.00 bits per heavy atom. The molecule has 0 bridgehead atoms. The predicted molar refractivity (Wildman–Crippen MR) is 84.8 cm³/mol. The normalized spacial score (nSPS) is 21.7. The molecule has 0 aliphatic heterocycles. The zero-order chi connectivity index (χ0) is 13.9. The molecule has 1 aromatic heterocycles. The van der Waals surface area contributed by atoms with Crippen LogP contribution in [-0.4, -0.2) is 22.4 Å². The molecule has 20 heavy (non-hydrogen) atoms. The molecule has 2 aromatic rings. The van der Waals surface area contributed by atoms with E-state index in [1.165, 1.54) is 24.1 Å². The minimum atomic E-state index is 0.678. The molecule has 106 valence electrons. The fraction of sp³-hybridized carbons (Fsp3) is 0.438. The Morgan fingerprint density at radius 1 is 1.25 bits per heavy atom. The molecule has 1 aromatic carbocycles. The summed E-state index contributed by atoms with van der Waals surface area (Å²) < 4.78 is 3.11. The maximum absolute atomic E-state index is 4.19. The third-order valence-corrected chi connectivity index (χ3v) is 4.74. The van der Waals surface area contributed by atoms with E-state index in [4.69, 9.17) is 0 Å². The summed E-state index contributed by atoms with van der Waals surface area (Å²) in [6, 6.07) is 11.5. The smallest absolute Gasteiger partial charge is 0.0492 e. The first-order chi connectivity index (χ1) is 9.72. The van der Waals surface area contributed by atoms with Crippen LogP contribution in [0, 0.1) is 0 Å². The van der Waals surface area contributed by atoms with Crippen LogP contribution in [0.2, 0.25) is 0 Å². The van der Waals surface area contributed by atoms with Crippen molar-refractivity contribution in [1.29, 1.82) is 0 Å². The van der Waals surface area contributed by atoms with E-state index < -0.39 is 0 Å². The summed E-state index contributed by atoms with van der Waals surface area (Å²) in [6.45, 7) is 1.04. The van der Waals surface area contributed by atoms with Gasteiger partial charge in [-0.1, -0.05) is 28.1 Å². The van der Waals surface area contributed by atoms with Crippen molar-refractivity contribution in [3.8, 4) is 0 Å². The quantitative estimate of drug-likeness (QED) is 0.910. The molecule has 4 heteroatoms. The van der Waals surface area contributed by atoms with Crippen LogP contribution in [0.3, 0.4) is 0 Å². The number of halogens is 1. The number of aromatic nitrogens is 2. The largest absolute Gasteiger partial charge is 0.314 e. The molecule has 0 radical (unpaired) electrons. The lowest BCUT2D eigenvalue weighted by molar-refractivity contribution is 0.292. The van der Waals surface area contributed by atoms with Gasteiger partial charge in [0.15, 0.2) is 0 Å². The second-order valence-corrected chi connectivity index (χ2v) is 6.48. The molecule has 0 unspecified atom stereocenters. The van der Waals surface area contributed by atoms with Gasteiger partial charge in [-0.2, -0.15) is 5.10 Å². The van der Waals surface area contributed by atoms with Gasteiger partial charge in [-0.05, 0) is 42.5 Å². The highest BCUT2D eigenvalue weighted by Gasteiger charge is 2.29. The molecular formula is C16H20BrN3. The minimum absolute atomic E-state index is 0.678. The molecular weight excluding hydrogens is 314 g/mol. The number of rotatable bonds is 5. The van der Waals surface area contributed by atoms with Crippen LogP contribution in [0.5, 0.6) is 0 Å². The van der Waals surface area contributed by atoms with Gasteiger partial charge in [-0.25, -0.2) is 0 Å². The third kappa shape index (κ3) is 3.13. The number of nitrogens with zero attached hydrogens (tertiary/aromatic N) is 2. The Bertz CT molecular complexity index is 555. The first kappa shape index (κ1) is 13.8. The van der Waals surface area contributed by atoms with Crippen LogP contribution in [0.25, 0.3) is 0 Å². The molecule has 0 spiro atoms. The van der Waals surface area contributed by atoms with Crippen molar-refractivity contribution in [2.24, 2.45) is 7.05 Å². The highest BCUT2D eigenvalue weighted by molar-refractivity contribution is 9.10. The molecule has 0 atom stereocenters. The zero-order valence-corrected chi connectivity index (χ0v) is 13.3. The van der Waals surface area contributed by atoms with Crippen molar-refractivity contribution in [2.75, 3.05) is 6.54 Å². The van der Waals surface area contributed by atoms with E-state index in [0.717, 1.165) is 23.4 Å². The molecule has 1 aliphatic carbocycles. The molecule has 0 amide bonds. The molecule has 1 heterocycles. The number of nitrogens with one attached hydrogen (secondary N) is 1. The minimum Gasteiger partial charge on any atom is -0.314 e. The SMILES string of the molecule is Cn1nccc1CCNC1CC(c2ccc(Br)cc2)C1. The van der Waals surface area contributed by atoms with Crippen LogP contribution in [0.1, 0.15) is 30.0 Å². The highest BCUT2D eigenvalue weighted by Crippen LogP contribution is 2.37. The lowest BCUT2D eigenvalue weighted by Gasteiger charge is -2.36. The van der Waals surface area contributed by atoms with Crippen LogP contribution in [0.15, 0.2) is 41.0 Å². The summed E-state index contributed by atoms with van der Waals surface area (Å²) in [6.07, 6.45) is 5.43. The van der Waals surface area contributed by atoms with E-state index in [-0.39, 0.29) is 0 Å². The van der Waals surface area contributed by atoms with Crippen molar-refractivity contribution in [2.45, 2.75) is 31.2 Å². The van der Waals surface area contributed by atoms with Crippen LogP contribution < -0.4 is 5.32 Å². The van der Waals surface area contributed by atoms with E-state index >= 15 is 0 Å². The van der Waals surface area contributed by atoms with Gasteiger partial charge >= 0.3 is 0 Å². The first-order valence-corrected chi connectivity index (χ1v) is 7.97. The lowest BCUT2D eigenvalue weighted by atomic mass is 9.76. The van der Waals surface area contributed by atoms with Gasteiger partial charge in [0.05, 0.1) is 0 Å². The van der Waals surface area contributed by atoms with Gasteiger partial charge in [0, 0.05) is 42.4 Å². The van der Waals surface area contributed by atoms with Crippen molar-refractivity contribution in [3.63, 3.8) is 0 Å². The van der Waals surface area contributed by atoms with Crippen LogP contribution in [0.4, 0.5) is 0 Å². The highest BCUT2D eigenvalue weighted by atomic mass is 79.9. The van der Waals surface area contributed by atoms with Gasteiger partial charge in [0.25, 0.3) is 0 Å².